The Kier molecular flexibility index (Phi) is 3.08. The van der Waals surface area contributed by atoms with Crippen molar-refractivity contribution in [3.05, 3.63) is 35.4 Å². The van der Waals surface area contributed by atoms with Gasteiger partial charge in [0, 0.05) is 6.04 Å². The topological polar surface area (TPSA) is 41.1 Å². The molecule has 1 heterocycles. The van der Waals surface area contributed by atoms with Crippen molar-refractivity contribution in [3.8, 4) is 0 Å². The fourth-order valence-corrected chi connectivity index (χ4v) is 3.14. The molecule has 1 aliphatic heterocycles. The van der Waals surface area contributed by atoms with Gasteiger partial charge in [0.15, 0.2) is 0 Å². The summed E-state index contributed by atoms with van der Waals surface area (Å²) in [5.74, 6) is 0.631. The molecule has 0 aromatic heterocycles. The highest BCUT2D eigenvalue weighted by atomic mass is 16.2. The zero-order valence-corrected chi connectivity index (χ0v) is 10.8. The monoisotopic (exact) mass is 244 g/mol. The quantitative estimate of drug-likeness (QED) is 0.822. The summed E-state index contributed by atoms with van der Waals surface area (Å²) in [7, 11) is 0. The van der Waals surface area contributed by atoms with Crippen LogP contribution in [-0.2, 0) is 17.6 Å². The lowest BCUT2D eigenvalue weighted by Gasteiger charge is -2.19. The molecule has 2 aliphatic rings. The number of fused-ring (bicyclic) bond motifs is 1. The number of carbonyl (C=O) groups is 1. The van der Waals surface area contributed by atoms with Gasteiger partial charge < -0.3 is 10.6 Å². The van der Waals surface area contributed by atoms with Gasteiger partial charge in [-0.2, -0.15) is 0 Å². The molecule has 1 aromatic carbocycles. The summed E-state index contributed by atoms with van der Waals surface area (Å²) in [4.78, 5) is 12.2. The van der Waals surface area contributed by atoms with Gasteiger partial charge in [-0.1, -0.05) is 31.2 Å². The Morgan fingerprint density at radius 2 is 1.94 bits per heavy atom. The standard InChI is InChI=1S/C15H20N2O/c1-10-6-7-16-14(10)15(18)17-13-8-11-4-2-3-5-12(11)9-13/h2-5,10,13-14,16H,6-9H2,1H3,(H,17,18). The van der Waals surface area contributed by atoms with Crippen LogP contribution in [0.25, 0.3) is 0 Å². The molecule has 0 spiro atoms. The highest BCUT2D eigenvalue weighted by Gasteiger charge is 2.31. The van der Waals surface area contributed by atoms with Gasteiger partial charge in [0.1, 0.15) is 0 Å². The molecule has 96 valence electrons. The molecule has 1 saturated heterocycles. The summed E-state index contributed by atoms with van der Waals surface area (Å²) < 4.78 is 0. The molecule has 0 bridgehead atoms. The van der Waals surface area contributed by atoms with E-state index in [9.17, 15) is 4.79 Å². The van der Waals surface area contributed by atoms with Gasteiger partial charge >= 0.3 is 0 Å². The second-order valence-corrected chi connectivity index (χ2v) is 5.58. The zero-order chi connectivity index (χ0) is 12.5. The Bertz CT molecular complexity index is 433. The summed E-state index contributed by atoms with van der Waals surface area (Å²) in [6.45, 7) is 3.11. The minimum atomic E-state index is 0.00807. The average Bonchev–Trinajstić information content (AvgIpc) is 2.94. The SMILES string of the molecule is CC1CCNC1C(=O)NC1Cc2ccccc2C1. The Morgan fingerprint density at radius 3 is 2.50 bits per heavy atom. The third kappa shape index (κ3) is 2.15. The summed E-state index contributed by atoms with van der Waals surface area (Å²) in [6.07, 6.45) is 3.05. The number of benzene rings is 1. The maximum absolute atomic E-state index is 12.2. The van der Waals surface area contributed by atoms with Crippen molar-refractivity contribution >= 4 is 5.91 Å². The first-order valence-electron chi connectivity index (χ1n) is 6.84. The lowest BCUT2D eigenvalue weighted by Crippen LogP contribution is -2.47. The molecule has 3 nitrogen and oxygen atoms in total. The van der Waals surface area contributed by atoms with Gasteiger partial charge in [0.2, 0.25) is 5.91 Å². The van der Waals surface area contributed by atoms with Crippen LogP contribution in [0.4, 0.5) is 0 Å². The average molecular weight is 244 g/mol. The van der Waals surface area contributed by atoms with Crippen LogP contribution in [0.5, 0.6) is 0 Å². The largest absolute Gasteiger partial charge is 0.351 e. The fourth-order valence-electron chi connectivity index (χ4n) is 3.14. The summed E-state index contributed by atoms with van der Waals surface area (Å²) in [6, 6.07) is 8.77. The molecule has 18 heavy (non-hydrogen) atoms. The molecule has 1 aliphatic carbocycles. The van der Waals surface area contributed by atoms with Crippen LogP contribution in [-0.4, -0.2) is 24.5 Å². The molecule has 1 aromatic rings. The molecule has 3 heteroatoms. The molecule has 1 fully saturated rings. The van der Waals surface area contributed by atoms with Crippen molar-refractivity contribution in [1.29, 1.82) is 0 Å². The van der Waals surface area contributed by atoms with Crippen molar-refractivity contribution < 1.29 is 4.79 Å². The van der Waals surface area contributed by atoms with E-state index < -0.39 is 0 Å². The first-order valence-corrected chi connectivity index (χ1v) is 6.84. The van der Waals surface area contributed by atoms with Crippen LogP contribution in [0, 0.1) is 5.92 Å². The Morgan fingerprint density at radius 1 is 1.28 bits per heavy atom. The van der Waals surface area contributed by atoms with Crippen molar-refractivity contribution in [1.82, 2.24) is 10.6 Å². The minimum Gasteiger partial charge on any atom is -0.351 e. The van der Waals surface area contributed by atoms with E-state index in [0.29, 0.717) is 5.92 Å². The van der Waals surface area contributed by atoms with Crippen molar-refractivity contribution in [2.45, 2.75) is 38.3 Å². The molecule has 1 amide bonds. The van der Waals surface area contributed by atoms with Gasteiger partial charge in [-0.05, 0) is 42.9 Å². The van der Waals surface area contributed by atoms with E-state index in [1.807, 2.05) is 0 Å². The van der Waals surface area contributed by atoms with E-state index in [2.05, 4.69) is 41.8 Å². The van der Waals surface area contributed by atoms with Gasteiger partial charge in [0.05, 0.1) is 6.04 Å². The molecular weight excluding hydrogens is 224 g/mol. The number of nitrogens with one attached hydrogen (secondary N) is 2. The van der Waals surface area contributed by atoms with Crippen molar-refractivity contribution in [2.75, 3.05) is 6.54 Å². The van der Waals surface area contributed by atoms with E-state index in [1.54, 1.807) is 0 Å². The van der Waals surface area contributed by atoms with Crippen LogP contribution < -0.4 is 10.6 Å². The predicted molar refractivity (Wildman–Crippen MR) is 71.4 cm³/mol. The van der Waals surface area contributed by atoms with Crippen molar-refractivity contribution in [3.63, 3.8) is 0 Å². The summed E-state index contributed by atoms with van der Waals surface area (Å²) >= 11 is 0. The highest BCUT2D eigenvalue weighted by Crippen LogP contribution is 2.22. The molecule has 3 rings (SSSR count). The van der Waals surface area contributed by atoms with Crippen LogP contribution in [0.3, 0.4) is 0 Å². The predicted octanol–water partition coefficient (Wildman–Crippen LogP) is 1.27. The Balaban J connectivity index is 1.61. The number of carbonyl (C=O) groups excluding carboxylic acids is 1. The van der Waals surface area contributed by atoms with Crippen LogP contribution >= 0.6 is 0 Å². The lowest BCUT2D eigenvalue weighted by atomic mass is 10.0. The number of amides is 1. The summed E-state index contributed by atoms with van der Waals surface area (Å²) in [5.41, 5.74) is 2.77. The molecule has 0 radical (unpaired) electrons. The van der Waals surface area contributed by atoms with E-state index in [1.165, 1.54) is 11.1 Å². The summed E-state index contributed by atoms with van der Waals surface area (Å²) in [5, 5.41) is 6.49. The molecule has 0 saturated carbocycles. The maximum Gasteiger partial charge on any atom is 0.237 e. The minimum absolute atomic E-state index is 0.00807. The van der Waals surface area contributed by atoms with E-state index in [4.69, 9.17) is 0 Å². The lowest BCUT2D eigenvalue weighted by molar-refractivity contribution is -0.124. The Labute approximate surface area is 108 Å². The zero-order valence-electron chi connectivity index (χ0n) is 10.8. The van der Waals surface area contributed by atoms with Crippen LogP contribution in [0.1, 0.15) is 24.5 Å². The van der Waals surface area contributed by atoms with Gasteiger partial charge in [0.25, 0.3) is 0 Å². The number of hydrogen-bond donors (Lipinski definition) is 2. The van der Waals surface area contributed by atoms with E-state index in [-0.39, 0.29) is 18.0 Å². The molecule has 2 atom stereocenters. The van der Waals surface area contributed by atoms with E-state index >= 15 is 0 Å². The second kappa shape index (κ2) is 4.73. The second-order valence-electron chi connectivity index (χ2n) is 5.58. The molecule has 2 N–H and O–H groups in total. The Hall–Kier alpha value is -1.35. The first-order chi connectivity index (χ1) is 8.74. The number of hydrogen-bond acceptors (Lipinski definition) is 2. The third-order valence-electron chi connectivity index (χ3n) is 4.21. The third-order valence-corrected chi connectivity index (χ3v) is 4.21. The van der Waals surface area contributed by atoms with Crippen LogP contribution in [0.15, 0.2) is 24.3 Å². The first kappa shape index (κ1) is 11.7. The highest BCUT2D eigenvalue weighted by molar-refractivity contribution is 5.82. The maximum atomic E-state index is 12.2. The van der Waals surface area contributed by atoms with Gasteiger partial charge in [-0.25, -0.2) is 0 Å². The smallest absolute Gasteiger partial charge is 0.237 e. The molecular formula is C15H20N2O. The van der Waals surface area contributed by atoms with E-state index in [0.717, 1.165) is 25.8 Å². The van der Waals surface area contributed by atoms with Crippen molar-refractivity contribution in [2.24, 2.45) is 5.92 Å². The molecule has 2 unspecified atom stereocenters. The van der Waals surface area contributed by atoms with Crippen LogP contribution in [0.2, 0.25) is 0 Å². The normalized spacial score (nSPS) is 27.2. The number of rotatable bonds is 2. The van der Waals surface area contributed by atoms with Gasteiger partial charge in [-0.15, -0.1) is 0 Å². The van der Waals surface area contributed by atoms with Gasteiger partial charge in [-0.3, -0.25) is 4.79 Å². The fraction of sp³-hybridized carbons (Fsp3) is 0.533.